The molecule has 2 aromatic carbocycles. The van der Waals surface area contributed by atoms with Crippen molar-refractivity contribution in [2.45, 2.75) is 6.92 Å². The fourth-order valence-electron chi connectivity index (χ4n) is 1.84. The molecule has 6 nitrogen and oxygen atoms in total. The van der Waals surface area contributed by atoms with Crippen LogP contribution < -0.4 is 10.2 Å². The van der Waals surface area contributed by atoms with Crippen molar-refractivity contribution in [3.05, 3.63) is 59.7 Å². The van der Waals surface area contributed by atoms with Crippen LogP contribution in [0.25, 0.3) is 0 Å². The zero-order valence-electron chi connectivity index (χ0n) is 12.5. The van der Waals surface area contributed by atoms with Crippen LogP contribution in [-0.2, 0) is 0 Å². The van der Waals surface area contributed by atoms with Gasteiger partial charge in [-0.2, -0.15) is 10.4 Å². The van der Waals surface area contributed by atoms with Gasteiger partial charge in [-0.15, -0.1) is 0 Å². The quantitative estimate of drug-likeness (QED) is 0.631. The van der Waals surface area contributed by atoms with E-state index in [1.807, 2.05) is 25.1 Å². The van der Waals surface area contributed by atoms with Gasteiger partial charge in [-0.3, -0.25) is 5.43 Å². The van der Waals surface area contributed by atoms with E-state index < -0.39 is 5.97 Å². The number of nitrogens with one attached hydrogen (secondary N) is 1. The van der Waals surface area contributed by atoms with Gasteiger partial charge in [0.15, 0.2) is 6.61 Å². The number of anilines is 1. The summed E-state index contributed by atoms with van der Waals surface area (Å²) in [6.45, 7) is 1.84. The number of hydrogen-bond acceptors (Lipinski definition) is 5. The SMILES string of the molecule is C/C(=N/Nc1cccc(C(=O)O)c1)c1ccc(OCC#N)cc1. The fraction of sp³-hybridized carbons (Fsp3) is 0.118. The lowest BCUT2D eigenvalue weighted by molar-refractivity contribution is 0.0697. The van der Waals surface area contributed by atoms with Crippen LogP contribution in [0.3, 0.4) is 0 Å². The van der Waals surface area contributed by atoms with Gasteiger partial charge in [0.1, 0.15) is 11.8 Å². The van der Waals surface area contributed by atoms with Crippen LogP contribution in [0, 0.1) is 11.3 Å². The molecule has 0 spiro atoms. The average molecular weight is 309 g/mol. The molecule has 116 valence electrons. The van der Waals surface area contributed by atoms with Gasteiger partial charge in [-0.1, -0.05) is 6.07 Å². The van der Waals surface area contributed by atoms with Crippen LogP contribution in [0.4, 0.5) is 5.69 Å². The molecule has 6 heteroatoms. The van der Waals surface area contributed by atoms with Crippen LogP contribution in [0.2, 0.25) is 0 Å². The highest BCUT2D eigenvalue weighted by Crippen LogP contribution is 2.14. The highest BCUT2D eigenvalue weighted by molar-refractivity contribution is 5.99. The van der Waals surface area contributed by atoms with Crippen molar-refractivity contribution >= 4 is 17.4 Å². The van der Waals surface area contributed by atoms with Crippen molar-refractivity contribution in [3.8, 4) is 11.8 Å². The Hall–Kier alpha value is -3.33. The molecule has 0 bridgehead atoms. The molecular formula is C17H15N3O3. The summed E-state index contributed by atoms with van der Waals surface area (Å²) < 4.78 is 5.18. The van der Waals surface area contributed by atoms with Crippen LogP contribution in [0.1, 0.15) is 22.8 Å². The summed E-state index contributed by atoms with van der Waals surface area (Å²) in [6, 6.07) is 15.5. The van der Waals surface area contributed by atoms with Gasteiger partial charge < -0.3 is 9.84 Å². The molecule has 0 fully saturated rings. The third-order valence-corrected chi connectivity index (χ3v) is 3.04. The maximum absolute atomic E-state index is 10.9. The highest BCUT2D eigenvalue weighted by atomic mass is 16.5. The predicted molar refractivity (Wildman–Crippen MR) is 86.8 cm³/mol. The number of ether oxygens (including phenoxy) is 1. The molecule has 23 heavy (non-hydrogen) atoms. The minimum absolute atomic E-state index is 0.00783. The number of nitrogens with zero attached hydrogens (tertiary/aromatic N) is 2. The first-order chi connectivity index (χ1) is 11.1. The normalized spacial score (nSPS) is 10.7. The fourth-order valence-corrected chi connectivity index (χ4v) is 1.84. The third-order valence-electron chi connectivity index (χ3n) is 3.04. The molecule has 0 aliphatic carbocycles. The van der Waals surface area contributed by atoms with Gasteiger partial charge in [0.25, 0.3) is 0 Å². The minimum atomic E-state index is -0.984. The van der Waals surface area contributed by atoms with E-state index in [0.717, 1.165) is 11.3 Å². The zero-order valence-corrected chi connectivity index (χ0v) is 12.5. The van der Waals surface area contributed by atoms with Crippen LogP contribution in [0.15, 0.2) is 53.6 Å². The smallest absolute Gasteiger partial charge is 0.335 e. The number of carbonyl (C=O) groups is 1. The van der Waals surface area contributed by atoms with Gasteiger partial charge in [0.2, 0.25) is 0 Å². The van der Waals surface area contributed by atoms with Gasteiger partial charge in [-0.05, 0) is 55.0 Å². The Balaban J connectivity index is 2.06. The molecule has 2 N–H and O–H groups in total. The molecule has 0 aromatic heterocycles. The van der Waals surface area contributed by atoms with E-state index in [9.17, 15) is 4.79 Å². The summed E-state index contributed by atoms with van der Waals surface area (Å²) in [6.07, 6.45) is 0. The monoisotopic (exact) mass is 309 g/mol. The molecule has 0 unspecified atom stereocenters. The Morgan fingerprint density at radius 2 is 2.00 bits per heavy atom. The predicted octanol–water partition coefficient (Wildman–Crippen LogP) is 3.12. The van der Waals surface area contributed by atoms with Gasteiger partial charge in [0.05, 0.1) is 17.0 Å². The van der Waals surface area contributed by atoms with E-state index in [1.165, 1.54) is 12.1 Å². The van der Waals surface area contributed by atoms with Crippen molar-refractivity contribution in [1.82, 2.24) is 0 Å². The van der Waals surface area contributed by atoms with Gasteiger partial charge in [0, 0.05) is 0 Å². The van der Waals surface area contributed by atoms with Crippen LogP contribution in [-0.4, -0.2) is 23.4 Å². The Labute approximate surface area is 133 Å². The Kier molecular flexibility index (Phi) is 5.31. The van der Waals surface area contributed by atoms with E-state index in [-0.39, 0.29) is 12.2 Å². The molecule has 0 radical (unpaired) electrons. The molecular weight excluding hydrogens is 294 g/mol. The first kappa shape index (κ1) is 16.0. The van der Waals surface area contributed by atoms with E-state index in [4.69, 9.17) is 15.1 Å². The van der Waals surface area contributed by atoms with Crippen molar-refractivity contribution in [2.24, 2.45) is 5.10 Å². The summed E-state index contributed by atoms with van der Waals surface area (Å²) in [5, 5.41) is 21.7. The topological polar surface area (TPSA) is 94.7 Å². The highest BCUT2D eigenvalue weighted by Gasteiger charge is 2.03. The molecule has 0 heterocycles. The lowest BCUT2D eigenvalue weighted by Gasteiger charge is -2.06. The van der Waals surface area contributed by atoms with Gasteiger partial charge >= 0.3 is 5.97 Å². The first-order valence-electron chi connectivity index (χ1n) is 6.84. The number of carboxylic acids is 1. The largest absolute Gasteiger partial charge is 0.479 e. The number of rotatable bonds is 6. The summed E-state index contributed by atoms with van der Waals surface area (Å²) in [4.78, 5) is 10.9. The van der Waals surface area contributed by atoms with Crippen molar-refractivity contribution in [3.63, 3.8) is 0 Å². The molecule has 0 saturated carbocycles. The van der Waals surface area contributed by atoms with Crippen LogP contribution >= 0.6 is 0 Å². The summed E-state index contributed by atoms with van der Waals surface area (Å²) in [5.74, 6) is -0.368. The maximum atomic E-state index is 10.9. The van der Waals surface area contributed by atoms with Crippen molar-refractivity contribution in [2.75, 3.05) is 12.0 Å². The van der Waals surface area contributed by atoms with E-state index in [1.54, 1.807) is 24.3 Å². The van der Waals surface area contributed by atoms with Gasteiger partial charge in [-0.25, -0.2) is 4.79 Å². The maximum Gasteiger partial charge on any atom is 0.335 e. The molecule has 0 aliphatic heterocycles. The second-order valence-corrected chi connectivity index (χ2v) is 4.67. The summed E-state index contributed by atoms with van der Waals surface area (Å²) in [5.41, 5.74) is 5.25. The van der Waals surface area contributed by atoms with Crippen molar-refractivity contribution in [1.29, 1.82) is 5.26 Å². The molecule has 0 saturated heterocycles. The number of nitriles is 1. The number of aromatic carboxylic acids is 1. The number of hydrazone groups is 1. The third kappa shape index (κ3) is 4.58. The molecule has 0 aliphatic rings. The second kappa shape index (κ2) is 7.61. The zero-order chi connectivity index (χ0) is 16.7. The average Bonchev–Trinajstić information content (AvgIpc) is 2.58. The van der Waals surface area contributed by atoms with E-state index >= 15 is 0 Å². The number of benzene rings is 2. The lowest BCUT2D eigenvalue weighted by Crippen LogP contribution is -2.01. The standard InChI is InChI=1S/C17H15N3O3/c1-12(13-5-7-16(8-6-13)23-10-9-18)19-20-15-4-2-3-14(11-15)17(21)22/h2-8,11,20H,10H2,1H3,(H,21,22)/b19-12-. The lowest BCUT2D eigenvalue weighted by atomic mass is 10.1. The molecule has 0 amide bonds. The Morgan fingerprint density at radius 3 is 2.65 bits per heavy atom. The van der Waals surface area contributed by atoms with Crippen LogP contribution in [0.5, 0.6) is 5.75 Å². The molecule has 2 rings (SSSR count). The molecule has 2 aromatic rings. The second-order valence-electron chi connectivity index (χ2n) is 4.67. The Morgan fingerprint density at radius 1 is 1.26 bits per heavy atom. The summed E-state index contributed by atoms with van der Waals surface area (Å²) in [7, 11) is 0. The Bertz CT molecular complexity index is 761. The number of hydrogen-bond donors (Lipinski definition) is 2. The number of carboxylic acid groups (broad SMARTS) is 1. The molecule has 0 atom stereocenters. The van der Waals surface area contributed by atoms with E-state index in [2.05, 4.69) is 10.5 Å². The minimum Gasteiger partial charge on any atom is -0.479 e. The van der Waals surface area contributed by atoms with E-state index in [0.29, 0.717) is 11.4 Å². The van der Waals surface area contributed by atoms with Crippen molar-refractivity contribution < 1.29 is 14.6 Å². The summed E-state index contributed by atoms with van der Waals surface area (Å²) >= 11 is 0. The first-order valence-corrected chi connectivity index (χ1v) is 6.84.